The van der Waals surface area contributed by atoms with E-state index in [9.17, 15) is 4.79 Å². The van der Waals surface area contributed by atoms with Gasteiger partial charge < -0.3 is 14.5 Å². The fourth-order valence-electron chi connectivity index (χ4n) is 3.79. The number of anilines is 1. The number of carbonyl (C=O) groups excluding carboxylic acids is 1. The van der Waals surface area contributed by atoms with E-state index in [1.165, 1.54) is 4.68 Å². The van der Waals surface area contributed by atoms with Gasteiger partial charge in [0.1, 0.15) is 17.9 Å². The first-order valence-corrected chi connectivity index (χ1v) is 10.4. The molecular formula is C24H23N5O2. The van der Waals surface area contributed by atoms with Gasteiger partial charge in [0.2, 0.25) is 0 Å². The third-order valence-corrected chi connectivity index (χ3v) is 5.53. The lowest BCUT2D eigenvalue weighted by Crippen LogP contribution is -2.50. The SMILES string of the molecule is O=C(N1CCN(c2ccc(OCc3ccccc3)cc2)CC1)n1nnc2ccccc21. The van der Waals surface area contributed by atoms with Crippen LogP contribution >= 0.6 is 0 Å². The average Bonchev–Trinajstić information content (AvgIpc) is 3.28. The average molecular weight is 413 g/mol. The summed E-state index contributed by atoms with van der Waals surface area (Å²) < 4.78 is 7.27. The normalized spacial score (nSPS) is 14.1. The number of carbonyl (C=O) groups is 1. The summed E-state index contributed by atoms with van der Waals surface area (Å²) in [7, 11) is 0. The van der Waals surface area contributed by atoms with E-state index < -0.39 is 0 Å². The number of aromatic nitrogens is 3. The Morgan fingerprint density at radius 3 is 2.32 bits per heavy atom. The van der Waals surface area contributed by atoms with Crippen molar-refractivity contribution >= 4 is 22.8 Å². The molecule has 0 atom stereocenters. The molecule has 0 spiro atoms. The van der Waals surface area contributed by atoms with Gasteiger partial charge in [-0.25, -0.2) is 4.79 Å². The fourth-order valence-corrected chi connectivity index (χ4v) is 3.79. The molecule has 1 aliphatic heterocycles. The first-order valence-electron chi connectivity index (χ1n) is 10.4. The predicted molar refractivity (Wildman–Crippen MR) is 119 cm³/mol. The molecule has 0 saturated carbocycles. The largest absolute Gasteiger partial charge is 0.489 e. The standard InChI is InChI=1S/C24H23N5O2/c30-24(29-23-9-5-4-8-22(23)25-26-29)28-16-14-27(15-17-28)20-10-12-21(13-11-20)31-18-19-6-2-1-3-7-19/h1-13H,14-18H2. The third kappa shape index (κ3) is 4.07. The molecule has 2 heterocycles. The van der Waals surface area contributed by atoms with Crippen LogP contribution in [0.5, 0.6) is 5.75 Å². The molecule has 4 aromatic rings. The van der Waals surface area contributed by atoms with Gasteiger partial charge in [-0.15, -0.1) is 5.10 Å². The second-order valence-electron chi connectivity index (χ2n) is 7.51. The fraction of sp³-hybridized carbons (Fsp3) is 0.208. The maximum Gasteiger partial charge on any atom is 0.346 e. The molecule has 1 amide bonds. The summed E-state index contributed by atoms with van der Waals surface area (Å²) in [5.41, 5.74) is 3.74. The van der Waals surface area contributed by atoms with Gasteiger partial charge in [0.15, 0.2) is 0 Å². The Labute approximate surface area is 180 Å². The summed E-state index contributed by atoms with van der Waals surface area (Å²) >= 11 is 0. The van der Waals surface area contributed by atoms with E-state index >= 15 is 0 Å². The summed E-state index contributed by atoms with van der Waals surface area (Å²) in [6.07, 6.45) is 0. The maximum absolute atomic E-state index is 12.9. The number of rotatable bonds is 4. The second-order valence-corrected chi connectivity index (χ2v) is 7.51. The summed E-state index contributed by atoms with van der Waals surface area (Å²) in [5.74, 6) is 0.847. The van der Waals surface area contributed by atoms with Gasteiger partial charge in [0.05, 0.1) is 5.52 Å². The number of ether oxygens (including phenoxy) is 1. The number of fused-ring (bicyclic) bond motifs is 1. The molecule has 1 saturated heterocycles. The highest BCUT2D eigenvalue weighted by Crippen LogP contribution is 2.22. The number of hydrogen-bond acceptors (Lipinski definition) is 5. The number of benzene rings is 3. The van der Waals surface area contributed by atoms with Crippen LogP contribution in [0.3, 0.4) is 0 Å². The summed E-state index contributed by atoms with van der Waals surface area (Å²) in [5, 5.41) is 8.13. The van der Waals surface area contributed by atoms with E-state index in [0.717, 1.165) is 41.1 Å². The van der Waals surface area contributed by atoms with Gasteiger partial charge in [-0.05, 0) is 42.0 Å². The van der Waals surface area contributed by atoms with Crippen LogP contribution in [-0.2, 0) is 6.61 Å². The van der Waals surface area contributed by atoms with Crippen molar-refractivity contribution in [2.75, 3.05) is 31.1 Å². The van der Waals surface area contributed by atoms with Crippen LogP contribution in [0.25, 0.3) is 11.0 Å². The molecule has 0 bridgehead atoms. The Bertz CT molecular complexity index is 1170. The van der Waals surface area contributed by atoms with Crippen molar-refractivity contribution in [2.45, 2.75) is 6.61 Å². The highest BCUT2D eigenvalue weighted by Gasteiger charge is 2.24. The van der Waals surface area contributed by atoms with Crippen molar-refractivity contribution in [2.24, 2.45) is 0 Å². The van der Waals surface area contributed by atoms with Crippen LogP contribution in [0, 0.1) is 0 Å². The third-order valence-electron chi connectivity index (χ3n) is 5.53. The topological polar surface area (TPSA) is 63.5 Å². The molecule has 1 aliphatic rings. The molecule has 0 radical (unpaired) electrons. The van der Waals surface area contributed by atoms with Crippen molar-refractivity contribution in [3.05, 3.63) is 84.4 Å². The van der Waals surface area contributed by atoms with E-state index in [-0.39, 0.29) is 6.03 Å². The van der Waals surface area contributed by atoms with Crippen molar-refractivity contribution in [3.63, 3.8) is 0 Å². The van der Waals surface area contributed by atoms with E-state index in [0.29, 0.717) is 19.7 Å². The summed E-state index contributed by atoms with van der Waals surface area (Å²) in [4.78, 5) is 17.0. The molecular weight excluding hydrogens is 390 g/mol. The number of para-hydroxylation sites is 1. The summed E-state index contributed by atoms with van der Waals surface area (Å²) in [6, 6.07) is 25.6. The first kappa shape index (κ1) is 19.1. The Morgan fingerprint density at radius 1 is 0.839 bits per heavy atom. The highest BCUT2D eigenvalue weighted by atomic mass is 16.5. The van der Waals surface area contributed by atoms with Crippen molar-refractivity contribution in [1.29, 1.82) is 0 Å². The maximum atomic E-state index is 12.9. The lowest BCUT2D eigenvalue weighted by atomic mass is 10.2. The van der Waals surface area contributed by atoms with Crippen molar-refractivity contribution in [1.82, 2.24) is 19.9 Å². The Hall–Kier alpha value is -3.87. The quantitative estimate of drug-likeness (QED) is 0.509. The molecule has 7 heteroatoms. The lowest BCUT2D eigenvalue weighted by Gasteiger charge is -2.35. The van der Waals surface area contributed by atoms with E-state index in [2.05, 4.69) is 39.5 Å². The zero-order valence-electron chi connectivity index (χ0n) is 17.1. The molecule has 1 fully saturated rings. The van der Waals surface area contributed by atoms with Gasteiger partial charge in [-0.2, -0.15) is 4.68 Å². The van der Waals surface area contributed by atoms with E-state index in [1.807, 2.05) is 59.5 Å². The monoisotopic (exact) mass is 413 g/mol. The second kappa shape index (κ2) is 8.47. The van der Waals surface area contributed by atoms with Crippen molar-refractivity contribution in [3.8, 4) is 5.75 Å². The lowest BCUT2D eigenvalue weighted by molar-refractivity contribution is 0.193. The molecule has 7 nitrogen and oxygen atoms in total. The Balaban J connectivity index is 1.18. The molecule has 156 valence electrons. The molecule has 0 N–H and O–H groups in total. The first-order chi connectivity index (χ1) is 15.3. The number of piperazine rings is 1. The predicted octanol–water partition coefficient (Wildman–Crippen LogP) is 3.80. The Kier molecular flexibility index (Phi) is 5.22. The van der Waals surface area contributed by atoms with Crippen LogP contribution < -0.4 is 9.64 Å². The molecule has 5 rings (SSSR count). The van der Waals surface area contributed by atoms with Gasteiger partial charge in [-0.3, -0.25) is 0 Å². The summed E-state index contributed by atoms with van der Waals surface area (Å²) in [6.45, 7) is 3.36. The molecule has 31 heavy (non-hydrogen) atoms. The van der Waals surface area contributed by atoms with Crippen LogP contribution in [0.2, 0.25) is 0 Å². The van der Waals surface area contributed by atoms with Gasteiger partial charge in [-0.1, -0.05) is 47.7 Å². The van der Waals surface area contributed by atoms with Crippen LogP contribution in [-0.4, -0.2) is 52.1 Å². The van der Waals surface area contributed by atoms with Crippen LogP contribution in [0.15, 0.2) is 78.9 Å². The molecule has 1 aromatic heterocycles. The smallest absolute Gasteiger partial charge is 0.346 e. The number of nitrogens with zero attached hydrogens (tertiary/aromatic N) is 5. The van der Waals surface area contributed by atoms with Crippen LogP contribution in [0.1, 0.15) is 5.56 Å². The number of amides is 1. The molecule has 0 unspecified atom stereocenters. The van der Waals surface area contributed by atoms with Gasteiger partial charge in [0, 0.05) is 31.9 Å². The van der Waals surface area contributed by atoms with Gasteiger partial charge in [0.25, 0.3) is 0 Å². The minimum Gasteiger partial charge on any atom is -0.489 e. The zero-order valence-corrected chi connectivity index (χ0v) is 17.1. The zero-order chi connectivity index (χ0) is 21.0. The minimum atomic E-state index is -0.127. The minimum absolute atomic E-state index is 0.127. The molecule has 3 aromatic carbocycles. The van der Waals surface area contributed by atoms with Crippen molar-refractivity contribution < 1.29 is 9.53 Å². The number of hydrogen-bond donors (Lipinski definition) is 0. The Morgan fingerprint density at radius 2 is 1.55 bits per heavy atom. The van der Waals surface area contributed by atoms with Gasteiger partial charge >= 0.3 is 6.03 Å². The van der Waals surface area contributed by atoms with E-state index in [1.54, 1.807) is 0 Å². The molecule has 0 aliphatic carbocycles. The van der Waals surface area contributed by atoms with Crippen LogP contribution in [0.4, 0.5) is 10.5 Å². The van der Waals surface area contributed by atoms with E-state index in [4.69, 9.17) is 4.74 Å². The highest BCUT2D eigenvalue weighted by molar-refractivity contribution is 5.87.